The average molecular weight is 596 g/mol. The van der Waals surface area contributed by atoms with Crippen molar-refractivity contribution in [3.8, 4) is 0 Å². The first kappa shape index (κ1) is 33.5. The predicted octanol–water partition coefficient (Wildman–Crippen LogP) is 4.54. The van der Waals surface area contributed by atoms with Crippen molar-refractivity contribution in [2.75, 3.05) is 26.2 Å². The summed E-state index contributed by atoms with van der Waals surface area (Å²) in [4.78, 5) is 39.2. The first-order chi connectivity index (χ1) is 19.0. The number of carbonyl (C=O) groups is 3. The Kier molecular flexibility index (Phi) is 11.6. The summed E-state index contributed by atoms with van der Waals surface area (Å²) >= 11 is 0. The van der Waals surface area contributed by atoms with Crippen molar-refractivity contribution in [3.63, 3.8) is 0 Å². The van der Waals surface area contributed by atoms with E-state index in [2.05, 4.69) is 14.8 Å². The number of benzene rings is 1. The number of rotatable bonds is 4. The highest BCUT2D eigenvalue weighted by Gasteiger charge is 2.42. The molecule has 2 saturated heterocycles. The third-order valence-corrected chi connectivity index (χ3v) is 6.41. The smallest absolute Gasteiger partial charge is 0.475 e. The first-order valence-electron chi connectivity index (χ1n) is 12.2. The summed E-state index contributed by atoms with van der Waals surface area (Å²) in [6.45, 7) is 4.62. The van der Waals surface area contributed by atoms with Gasteiger partial charge in [0, 0.05) is 44.0 Å². The standard InChI is InChI=1S/C22H26FN3O.2C2HF3O2/c23-20-6-4-18(5-7-20)15-25-12-9-22(16-25)8-2-11-26(17-22)21(27)13-19-3-1-10-24-14-19;2*3-2(4,5)1(6)7/h1,3-7,10,14H,2,8-9,11-13,15-17H2;2*(H,6,7). The maximum Gasteiger partial charge on any atom is 0.490 e. The fraction of sp³-hybridized carbons (Fsp3) is 0.462. The number of piperidine rings is 1. The third kappa shape index (κ3) is 11.3. The molecule has 226 valence electrons. The minimum absolute atomic E-state index is 0.188. The van der Waals surface area contributed by atoms with Crippen LogP contribution in [-0.2, 0) is 27.3 Å². The van der Waals surface area contributed by atoms with Gasteiger partial charge in [-0.3, -0.25) is 14.7 Å². The molecule has 3 heterocycles. The Morgan fingerprint density at radius 1 is 0.854 bits per heavy atom. The molecular weight excluding hydrogens is 567 g/mol. The highest BCUT2D eigenvalue weighted by molar-refractivity contribution is 5.78. The lowest BCUT2D eigenvalue weighted by atomic mass is 9.79. The largest absolute Gasteiger partial charge is 0.490 e. The number of aliphatic carboxylic acids is 2. The van der Waals surface area contributed by atoms with Gasteiger partial charge in [0.05, 0.1) is 6.42 Å². The Labute approximate surface area is 230 Å². The van der Waals surface area contributed by atoms with E-state index >= 15 is 0 Å². The summed E-state index contributed by atoms with van der Waals surface area (Å²) in [5.41, 5.74) is 2.34. The molecule has 0 saturated carbocycles. The monoisotopic (exact) mass is 595 g/mol. The minimum atomic E-state index is -5.08. The van der Waals surface area contributed by atoms with Gasteiger partial charge in [-0.05, 0) is 55.1 Å². The fourth-order valence-electron chi connectivity index (χ4n) is 4.55. The molecule has 0 radical (unpaired) electrons. The van der Waals surface area contributed by atoms with E-state index in [0.717, 1.165) is 56.7 Å². The Hall–Kier alpha value is -3.75. The molecule has 1 unspecified atom stereocenters. The van der Waals surface area contributed by atoms with Crippen LogP contribution in [0.1, 0.15) is 30.4 Å². The van der Waals surface area contributed by atoms with Crippen LogP contribution < -0.4 is 0 Å². The number of aromatic nitrogens is 1. The Balaban J connectivity index is 0.000000349. The second-order valence-corrected chi connectivity index (χ2v) is 9.65. The summed E-state index contributed by atoms with van der Waals surface area (Å²) in [7, 11) is 0. The number of carboxylic acids is 2. The zero-order chi connectivity index (χ0) is 30.8. The number of likely N-dealkylation sites (tertiary alicyclic amines) is 2. The SMILES string of the molecule is O=C(Cc1cccnc1)N1CCCC2(CCN(Cc3ccc(F)cc3)C2)C1.O=C(O)C(F)(F)F.O=C(O)C(F)(F)F. The lowest BCUT2D eigenvalue weighted by molar-refractivity contribution is -0.193. The van der Waals surface area contributed by atoms with E-state index in [1.54, 1.807) is 12.4 Å². The summed E-state index contributed by atoms with van der Waals surface area (Å²) in [5, 5.41) is 14.2. The van der Waals surface area contributed by atoms with Gasteiger partial charge >= 0.3 is 24.3 Å². The molecule has 0 bridgehead atoms. The van der Waals surface area contributed by atoms with Crippen molar-refractivity contribution < 1.29 is 55.3 Å². The molecule has 8 nitrogen and oxygen atoms in total. The number of alkyl halides is 6. The molecular formula is C26H28F7N3O5. The molecule has 1 atom stereocenters. The Morgan fingerprint density at radius 3 is 1.95 bits per heavy atom. The lowest BCUT2D eigenvalue weighted by Gasteiger charge is -2.40. The zero-order valence-corrected chi connectivity index (χ0v) is 21.6. The van der Waals surface area contributed by atoms with Crippen LogP contribution in [0.25, 0.3) is 0 Å². The second kappa shape index (κ2) is 14.2. The minimum Gasteiger partial charge on any atom is -0.475 e. The van der Waals surface area contributed by atoms with E-state index in [1.165, 1.54) is 18.6 Å². The molecule has 2 N–H and O–H groups in total. The Morgan fingerprint density at radius 2 is 1.44 bits per heavy atom. The topological polar surface area (TPSA) is 111 Å². The number of carbonyl (C=O) groups excluding carboxylic acids is 1. The van der Waals surface area contributed by atoms with Crippen LogP contribution >= 0.6 is 0 Å². The molecule has 41 heavy (non-hydrogen) atoms. The second-order valence-electron chi connectivity index (χ2n) is 9.65. The molecule has 15 heteroatoms. The number of pyridine rings is 1. The van der Waals surface area contributed by atoms with Crippen LogP contribution in [0.5, 0.6) is 0 Å². The summed E-state index contributed by atoms with van der Waals surface area (Å²) < 4.78 is 76.6. The summed E-state index contributed by atoms with van der Waals surface area (Å²) in [6, 6.07) is 10.6. The van der Waals surface area contributed by atoms with Crippen LogP contribution in [0.2, 0.25) is 0 Å². The molecule has 1 spiro atoms. The molecule has 1 amide bonds. The summed E-state index contributed by atoms with van der Waals surface area (Å²) in [6.07, 6.45) is -2.84. The normalized spacial score (nSPS) is 19.0. The van der Waals surface area contributed by atoms with Crippen molar-refractivity contribution >= 4 is 17.8 Å². The molecule has 1 aromatic carbocycles. The van der Waals surface area contributed by atoms with Crippen LogP contribution in [0, 0.1) is 11.2 Å². The number of hydrogen-bond acceptors (Lipinski definition) is 5. The van der Waals surface area contributed by atoms with E-state index < -0.39 is 24.3 Å². The van der Waals surface area contributed by atoms with E-state index in [4.69, 9.17) is 19.8 Å². The van der Waals surface area contributed by atoms with Crippen molar-refractivity contribution in [2.45, 2.75) is 44.6 Å². The number of amides is 1. The van der Waals surface area contributed by atoms with Gasteiger partial charge in [-0.1, -0.05) is 18.2 Å². The van der Waals surface area contributed by atoms with Crippen LogP contribution in [0.3, 0.4) is 0 Å². The maximum absolute atomic E-state index is 13.1. The third-order valence-electron chi connectivity index (χ3n) is 6.41. The molecule has 2 aromatic rings. The van der Waals surface area contributed by atoms with Crippen molar-refractivity contribution in [1.29, 1.82) is 0 Å². The number of carboxylic acid groups (broad SMARTS) is 2. The van der Waals surface area contributed by atoms with Gasteiger partial charge in [0.1, 0.15) is 5.82 Å². The average Bonchev–Trinajstić information content (AvgIpc) is 3.26. The number of hydrogen-bond donors (Lipinski definition) is 2. The molecule has 2 aliphatic heterocycles. The quantitative estimate of drug-likeness (QED) is 0.500. The van der Waals surface area contributed by atoms with Gasteiger partial charge in [0.2, 0.25) is 5.91 Å². The van der Waals surface area contributed by atoms with E-state index in [0.29, 0.717) is 6.42 Å². The van der Waals surface area contributed by atoms with Crippen LogP contribution in [0.4, 0.5) is 30.7 Å². The van der Waals surface area contributed by atoms with Crippen LogP contribution in [0.15, 0.2) is 48.8 Å². The van der Waals surface area contributed by atoms with Gasteiger partial charge < -0.3 is 15.1 Å². The van der Waals surface area contributed by atoms with Crippen molar-refractivity contribution in [1.82, 2.24) is 14.8 Å². The number of nitrogens with zero attached hydrogens (tertiary/aromatic N) is 3. The predicted molar refractivity (Wildman–Crippen MR) is 130 cm³/mol. The molecule has 1 aromatic heterocycles. The highest BCUT2D eigenvalue weighted by atomic mass is 19.4. The van der Waals surface area contributed by atoms with Gasteiger partial charge in [0.25, 0.3) is 0 Å². The maximum atomic E-state index is 13.1. The van der Waals surface area contributed by atoms with Crippen molar-refractivity contribution in [2.24, 2.45) is 5.41 Å². The highest BCUT2D eigenvalue weighted by Crippen LogP contribution is 2.39. The molecule has 2 fully saturated rings. The fourth-order valence-corrected chi connectivity index (χ4v) is 4.55. The number of halogens is 7. The summed E-state index contributed by atoms with van der Waals surface area (Å²) in [5.74, 6) is -5.49. The van der Waals surface area contributed by atoms with Gasteiger partial charge in [-0.2, -0.15) is 26.3 Å². The van der Waals surface area contributed by atoms with Gasteiger partial charge in [0.15, 0.2) is 0 Å². The van der Waals surface area contributed by atoms with E-state index in [9.17, 15) is 35.5 Å². The van der Waals surface area contributed by atoms with Gasteiger partial charge in [-0.15, -0.1) is 0 Å². The van der Waals surface area contributed by atoms with E-state index in [1.807, 2.05) is 24.3 Å². The molecule has 2 aliphatic rings. The van der Waals surface area contributed by atoms with Crippen molar-refractivity contribution in [3.05, 3.63) is 65.7 Å². The van der Waals surface area contributed by atoms with E-state index in [-0.39, 0.29) is 17.1 Å². The first-order valence-corrected chi connectivity index (χ1v) is 12.2. The van der Waals surface area contributed by atoms with Crippen LogP contribution in [-0.4, -0.2) is 81.4 Å². The molecule has 4 rings (SSSR count). The lowest BCUT2D eigenvalue weighted by Crippen LogP contribution is -2.47. The Bertz CT molecular complexity index is 1140. The van der Waals surface area contributed by atoms with Gasteiger partial charge in [-0.25, -0.2) is 14.0 Å². The zero-order valence-electron chi connectivity index (χ0n) is 21.6. The molecule has 0 aliphatic carbocycles.